The van der Waals surface area contributed by atoms with Crippen LogP contribution in [0.1, 0.15) is 39.5 Å². The monoisotopic (exact) mass is 228 g/mol. The summed E-state index contributed by atoms with van der Waals surface area (Å²) in [5.41, 5.74) is 0.688. The molecule has 0 aromatic heterocycles. The fourth-order valence-electron chi connectivity index (χ4n) is 3.21. The highest BCUT2D eigenvalue weighted by Gasteiger charge is 2.45. The molecule has 1 spiro atoms. The van der Waals surface area contributed by atoms with Crippen molar-refractivity contribution in [3.63, 3.8) is 0 Å². The summed E-state index contributed by atoms with van der Waals surface area (Å²) in [4.78, 5) is 2.64. The molecule has 1 saturated heterocycles. The van der Waals surface area contributed by atoms with Crippen molar-refractivity contribution >= 4 is 12.8 Å². The molecule has 15 heavy (non-hydrogen) atoms. The van der Waals surface area contributed by atoms with Crippen LogP contribution in [0.3, 0.4) is 0 Å². The van der Waals surface area contributed by atoms with Gasteiger partial charge in [-0.2, -0.15) is 0 Å². The summed E-state index contributed by atoms with van der Waals surface area (Å²) < 4.78 is 3.10. The van der Waals surface area contributed by atoms with Gasteiger partial charge in [-0.25, -0.2) is 0 Å². The Morgan fingerprint density at radius 2 is 1.93 bits per heavy atom. The Kier molecular flexibility index (Phi) is 3.63. The minimum absolute atomic E-state index is 0.685. The minimum Gasteiger partial charge on any atom is -0.303 e. The van der Waals surface area contributed by atoms with Crippen molar-refractivity contribution in [3.05, 3.63) is 0 Å². The van der Waals surface area contributed by atoms with Crippen molar-refractivity contribution in [2.45, 2.75) is 45.6 Å². The highest BCUT2D eigenvalue weighted by Crippen LogP contribution is 2.49. The van der Waals surface area contributed by atoms with Crippen LogP contribution in [0.25, 0.3) is 0 Å². The van der Waals surface area contributed by atoms with E-state index >= 15 is 0 Å². The molecular weight excluding hydrogens is 204 g/mol. The van der Waals surface area contributed by atoms with Crippen LogP contribution < -0.4 is 4.72 Å². The van der Waals surface area contributed by atoms with Crippen molar-refractivity contribution in [1.29, 1.82) is 0 Å². The summed E-state index contributed by atoms with van der Waals surface area (Å²) >= 11 is 4.15. The normalized spacial score (nSPS) is 27.2. The maximum atomic E-state index is 4.15. The van der Waals surface area contributed by atoms with E-state index in [-0.39, 0.29) is 0 Å². The molecule has 3 heteroatoms. The lowest BCUT2D eigenvalue weighted by Crippen LogP contribution is -2.52. The SMILES string of the molecule is CC(C)CN1CCC2(CC1)CC(NS)C2. The Bertz CT molecular complexity index is 202. The molecule has 2 rings (SSSR count). The standard InChI is InChI=1S/C12H24N2S/c1-10(2)9-14-5-3-12(4-6-14)7-11(8-12)13-15/h10-11,13,15H,3-9H2,1-2H3. The molecule has 88 valence electrons. The predicted molar refractivity (Wildman–Crippen MR) is 68.1 cm³/mol. The zero-order valence-electron chi connectivity index (χ0n) is 10.00. The van der Waals surface area contributed by atoms with E-state index in [2.05, 4.69) is 36.3 Å². The fourth-order valence-corrected chi connectivity index (χ4v) is 3.39. The van der Waals surface area contributed by atoms with E-state index in [9.17, 15) is 0 Å². The summed E-state index contributed by atoms with van der Waals surface area (Å²) in [7, 11) is 0. The van der Waals surface area contributed by atoms with Gasteiger partial charge in [0.15, 0.2) is 0 Å². The Morgan fingerprint density at radius 1 is 1.33 bits per heavy atom. The van der Waals surface area contributed by atoms with Crippen LogP contribution in [0.2, 0.25) is 0 Å². The molecule has 2 aliphatic rings. The highest BCUT2D eigenvalue weighted by molar-refractivity contribution is 7.78. The third kappa shape index (κ3) is 2.69. The quantitative estimate of drug-likeness (QED) is 0.721. The third-order valence-electron chi connectivity index (χ3n) is 4.08. The Hall–Kier alpha value is 0.270. The summed E-state index contributed by atoms with van der Waals surface area (Å²) in [5.74, 6) is 0.812. The van der Waals surface area contributed by atoms with Gasteiger partial charge in [0.1, 0.15) is 0 Å². The first kappa shape index (κ1) is 11.7. The second-order valence-electron chi connectivity index (χ2n) is 5.93. The first-order valence-electron chi connectivity index (χ1n) is 6.25. The summed E-state index contributed by atoms with van der Waals surface area (Å²) in [6, 6.07) is 0.685. The number of nitrogens with one attached hydrogen (secondary N) is 1. The average molecular weight is 228 g/mol. The van der Waals surface area contributed by atoms with Crippen LogP contribution in [-0.4, -0.2) is 30.6 Å². The predicted octanol–water partition coefficient (Wildman–Crippen LogP) is 2.32. The average Bonchev–Trinajstić information content (AvgIpc) is 2.15. The third-order valence-corrected chi connectivity index (χ3v) is 4.45. The van der Waals surface area contributed by atoms with E-state index in [1.165, 1.54) is 45.3 Å². The van der Waals surface area contributed by atoms with E-state index in [0.29, 0.717) is 11.5 Å². The molecule has 0 aromatic carbocycles. The second kappa shape index (κ2) is 4.64. The molecule has 2 fully saturated rings. The first-order chi connectivity index (χ1) is 7.13. The lowest BCUT2D eigenvalue weighted by atomic mass is 9.60. The summed E-state index contributed by atoms with van der Waals surface area (Å²) in [5, 5.41) is 0. The smallest absolute Gasteiger partial charge is 0.0180 e. The molecule has 0 unspecified atom stereocenters. The van der Waals surface area contributed by atoms with E-state index in [0.717, 1.165) is 5.92 Å². The molecule has 0 bridgehead atoms. The maximum absolute atomic E-state index is 4.15. The molecule has 0 radical (unpaired) electrons. The van der Waals surface area contributed by atoms with Crippen LogP contribution in [0.5, 0.6) is 0 Å². The van der Waals surface area contributed by atoms with E-state index in [4.69, 9.17) is 0 Å². The van der Waals surface area contributed by atoms with Crippen LogP contribution in [0.15, 0.2) is 0 Å². The number of nitrogens with zero attached hydrogens (tertiary/aromatic N) is 1. The Morgan fingerprint density at radius 3 is 2.40 bits per heavy atom. The van der Waals surface area contributed by atoms with Crippen LogP contribution >= 0.6 is 12.8 Å². The van der Waals surface area contributed by atoms with Crippen LogP contribution in [-0.2, 0) is 0 Å². The van der Waals surface area contributed by atoms with Gasteiger partial charge in [0.25, 0.3) is 0 Å². The molecular formula is C12H24N2S. The van der Waals surface area contributed by atoms with E-state index in [1.807, 2.05) is 0 Å². The van der Waals surface area contributed by atoms with Crippen molar-refractivity contribution in [1.82, 2.24) is 9.62 Å². The molecule has 1 saturated carbocycles. The van der Waals surface area contributed by atoms with Crippen molar-refractivity contribution in [3.8, 4) is 0 Å². The summed E-state index contributed by atoms with van der Waals surface area (Å²) in [6.45, 7) is 8.54. The molecule has 1 aliphatic carbocycles. The Labute approximate surface area is 99.3 Å². The number of rotatable bonds is 3. The first-order valence-corrected chi connectivity index (χ1v) is 6.70. The molecule has 1 N–H and O–H groups in total. The zero-order chi connectivity index (χ0) is 10.9. The zero-order valence-corrected chi connectivity index (χ0v) is 10.9. The summed E-state index contributed by atoms with van der Waals surface area (Å²) in [6.07, 6.45) is 5.52. The molecule has 1 heterocycles. The molecule has 1 aliphatic heterocycles. The van der Waals surface area contributed by atoms with E-state index in [1.54, 1.807) is 0 Å². The Balaban J connectivity index is 1.73. The highest BCUT2D eigenvalue weighted by atomic mass is 32.1. The lowest BCUT2D eigenvalue weighted by molar-refractivity contribution is 0.0108. The number of thiol groups is 1. The molecule has 0 amide bonds. The van der Waals surface area contributed by atoms with Crippen molar-refractivity contribution in [2.24, 2.45) is 11.3 Å². The van der Waals surface area contributed by atoms with Gasteiger partial charge in [0, 0.05) is 12.6 Å². The lowest BCUT2D eigenvalue weighted by Gasteiger charge is -2.52. The van der Waals surface area contributed by atoms with Gasteiger partial charge in [0.05, 0.1) is 0 Å². The van der Waals surface area contributed by atoms with Gasteiger partial charge in [0.2, 0.25) is 0 Å². The van der Waals surface area contributed by atoms with Gasteiger partial charge < -0.3 is 4.90 Å². The van der Waals surface area contributed by atoms with E-state index < -0.39 is 0 Å². The number of piperidine rings is 1. The van der Waals surface area contributed by atoms with Gasteiger partial charge in [-0.15, -0.1) is 0 Å². The van der Waals surface area contributed by atoms with Gasteiger partial charge in [-0.3, -0.25) is 4.72 Å². The number of hydrogen-bond acceptors (Lipinski definition) is 3. The number of likely N-dealkylation sites (tertiary alicyclic amines) is 1. The topological polar surface area (TPSA) is 15.3 Å². The minimum atomic E-state index is 0.685. The van der Waals surface area contributed by atoms with Gasteiger partial charge >= 0.3 is 0 Å². The van der Waals surface area contributed by atoms with Crippen LogP contribution in [0.4, 0.5) is 0 Å². The maximum Gasteiger partial charge on any atom is 0.0180 e. The molecule has 2 nitrogen and oxygen atoms in total. The van der Waals surface area contributed by atoms with Crippen molar-refractivity contribution in [2.75, 3.05) is 19.6 Å². The van der Waals surface area contributed by atoms with Gasteiger partial charge in [-0.05, 0) is 50.1 Å². The van der Waals surface area contributed by atoms with Crippen LogP contribution in [0, 0.1) is 11.3 Å². The molecule has 0 atom stereocenters. The molecule has 0 aromatic rings. The largest absolute Gasteiger partial charge is 0.303 e. The number of hydrogen-bond donors (Lipinski definition) is 2. The second-order valence-corrected chi connectivity index (χ2v) is 6.19. The fraction of sp³-hybridized carbons (Fsp3) is 1.00. The van der Waals surface area contributed by atoms with Crippen molar-refractivity contribution < 1.29 is 0 Å². The van der Waals surface area contributed by atoms with Gasteiger partial charge in [-0.1, -0.05) is 26.7 Å².